The highest BCUT2D eigenvalue weighted by atomic mass is 15.2. The van der Waals surface area contributed by atoms with Crippen LogP contribution in [-0.2, 0) is 0 Å². The van der Waals surface area contributed by atoms with Crippen molar-refractivity contribution >= 4 is 0 Å². The molecule has 3 rings (SSSR count). The van der Waals surface area contributed by atoms with Crippen molar-refractivity contribution in [2.45, 2.75) is 125 Å². The lowest BCUT2D eigenvalue weighted by Gasteiger charge is -2.61. The zero-order chi connectivity index (χ0) is 22.1. The molecule has 1 heteroatoms. The topological polar surface area (TPSA) is 3.24 Å². The number of fused-ring (bicyclic) bond motifs is 3. The lowest BCUT2D eigenvalue weighted by Crippen LogP contribution is -2.58. The van der Waals surface area contributed by atoms with E-state index < -0.39 is 0 Å². The SMILES string of the molecule is CCC(CCC(C)C(CC)C1(C)CCC2C(CC[C@H]3N(C)CCCC23C)C1)C(C)C. The fraction of sp³-hybridized carbons (Fsp3) is 1.00. The van der Waals surface area contributed by atoms with E-state index >= 15 is 0 Å². The van der Waals surface area contributed by atoms with Gasteiger partial charge in [-0.05, 0) is 111 Å². The van der Waals surface area contributed by atoms with E-state index in [2.05, 4.69) is 60.4 Å². The Balaban J connectivity index is 1.67. The Morgan fingerprint density at radius 2 is 1.67 bits per heavy atom. The first-order valence-electron chi connectivity index (χ1n) is 13.9. The van der Waals surface area contributed by atoms with E-state index in [1.54, 1.807) is 0 Å². The van der Waals surface area contributed by atoms with Gasteiger partial charge in [-0.1, -0.05) is 67.7 Å². The van der Waals surface area contributed by atoms with E-state index in [1.807, 2.05) is 0 Å². The van der Waals surface area contributed by atoms with E-state index in [9.17, 15) is 0 Å². The molecule has 0 spiro atoms. The Morgan fingerprint density at radius 3 is 2.30 bits per heavy atom. The fourth-order valence-electron chi connectivity index (χ4n) is 9.23. The molecule has 0 bridgehead atoms. The van der Waals surface area contributed by atoms with Gasteiger partial charge in [-0.25, -0.2) is 0 Å². The molecular weight excluding hydrogens is 362 g/mol. The Bertz CT molecular complexity index is 540. The number of nitrogens with zero attached hydrogens (tertiary/aromatic N) is 1. The van der Waals surface area contributed by atoms with Crippen molar-refractivity contribution in [2.24, 2.45) is 46.3 Å². The average Bonchev–Trinajstić information content (AvgIpc) is 2.68. The van der Waals surface area contributed by atoms with Crippen LogP contribution in [0.25, 0.3) is 0 Å². The molecule has 0 radical (unpaired) electrons. The Morgan fingerprint density at radius 1 is 0.933 bits per heavy atom. The summed E-state index contributed by atoms with van der Waals surface area (Å²) in [5, 5.41) is 0. The van der Waals surface area contributed by atoms with Gasteiger partial charge in [0.2, 0.25) is 0 Å². The molecule has 3 fully saturated rings. The van der Waals surface area contributed by atoms with E-state index in [-0.39, 0.29) is 0 Å². The van der Waals surface area contributed by atoms with Crippen molar-refractivity contribution in [1.29, 1.82) is 0 Å². The van der Waals surface area contributed by atoms with Crippen molar-refractivity contribution in [3.8, 4) is 0 Å². The zero-order valence-electron chi connectivity index (χ0n) is 22.0. The molecule has 2 saturated carbocycles. The normalized spacial score (nSPS) is 40.5. The molecular formula is C29H55N. The molecule has 3 aliphatic rings. The standard InChI is InChI=1S/C29H55N/c1-9-23(21(3)4)13-12-22(5)25(10-2)28(6)18-16-26-24(20-28)14-15-27-29(26,7)17-11-19-30(27)8/h21-27H,9-20H2,1-8H3/t22?,23?,24?,25?,26?,27-,28?,29?/m1/s1. The molecule has 0 aromatic rings. The molecule has 0 aromatic carbocycles. The number of piperidine rings is 1. The third kappa shape index (κ3) is 4.67. The number of rotatable bonds is 8. The van der Waals surface area contributed by atoms with Crippen LogP contribution in [0, 0.1) is 46.3 Å². The van der Waals surface area contributed by atoms with Gasteiger partial charge in [-0.3, -0.25) is 0 Å². The van der Waals surface area contributed by atoms with Crippen LogP contribution in [0.4, 0.5) is 0 Å². The zero-order valence-corrected chi connectivity index (χ0v) is 22.0. The van der Waals surface area contributed by atoms with Crippen molar-refractivity contribution in [2.75, 3.05) is 13.6 Å². The van der Waals surface area contributed by atoms with Crippen LogP contribution in [0.1, 0.15) is 119 Å². The van der Waals surface area contributed by atoms with Crippen molar-refractivity contribution in [1.82, 2.24) is 4.90 Å². The van der Waals surface area contributed by atoms with Crippen molar-refractivity contribution < 1.29 is 0 Å². The monoisotopic (exact) mass is 417 g/mol. The highest BCUT2D eigenvalue weighted by molar-refractivity contribution is 5.06. The van der Waals surface area contributed by atoms with Gasteiger partial charge in [0, 0.05) is 6.04 Å². The maximum atomic E-state index is 2.73. The summed E-state index contributed by atoms with van der Waals surface area (Å²) in [5.41, 5.74) is 1.18. The summed E-state index contributed by atoms with van der Waals surface area (Å²) in [5.74, 6) is 5.56. The van der Waals surface area contributed by atoms with Gasteiger partial charge in [0.1, 0.15) is 0 Å². The van der Waals surface area contributed by atoms with Gasteiger partial charge >= 0.3 is 0 Å². The first-order valence-corrected chi connectivity index (χ1v) is 13.9. The van der Waals surface area contributed by atoms with Crippen LogP contribution in [-0.4, -0.2) is 24.5 Å². The molecule has 1 aliphatic heterocycles. The summed E-state index contributed by atoms with van der Waals surface area (Å²) < 4.78 is 0. The summed E-state index contributed by atoms with van der Waals surface area (Å²) >= 11 is 0. The van der Waals surface area contributed by atoms with Gasteiger partial charge in [0.15, 0.2) is 0 Å². The van der Waals surface area contributed by atoms with E-state index in [1.165, 1.54) is 77.2 Å². The van der Waals surface area contributed by atoms with Gasteiger partial charge in [0.05, 0.1) is 0 Å². The Kier molecular flexibility index (Phi) is 8.07. The van der Waals surface area contributed by atoms with Crippen molar-refractivity contribution in [3.63, 3.8) is 0 Å². The number of hydrogen-bond donors (Lipinski definition) is 0. The molecule has 1 heterocycles. The van der Waals surface area contributed by atoms with E-state index in [0.717, 1.165) is 41.5 Å². The number of likely N-dealkylation sites (tertiary alicyclic amines) is 1. The minimum absolute atomic E-state index is 0.582. The lowest BCUT2D eigenvalue weighted by atomic mass is 9.48. The molecule has 2 aliphatic carbocycles. The van der Waals surface area contributed by atoms with Crippen LogP contribution in [0.3, 0.4) is 0 Å². The molecule has 0 aromatic heterocycles. The van der Waals surface area contributed by atoms with Crippen LogP contribution >= 0.6 is 0 Å². The summed E-state index contributed by atoms with van der Waals surface area (Å²) in [4.78, 5) is 2.73. The second-order valence-electron chi connectivity index (χ2n) is 12.9. The summed E-state index contributed by atoms with van der Waals surface area (Å²) in [6.45, 7) is 19.1. The molecule has 0 amide bonds. The Hall–Kier alpha value is -0.0400. The third-order valence-electron chi connectivity index (χ3n) is 11.0. The largest absolute Gasteiger partial charge is 0.303 e. The number of hydrogen-bond acceptors (Lipinski definition) is 1. The highest BCUT2D eigenvalue weighted by Crippen LogP contribution is 2.61. The minimum atomic E-state index is 0.582. The summed E-state index contributed by atoms with van der Waals surface area (Å²) in [6.07, 6.45) is 16.0. The Labute approximate surface area is 190 Å². The smallest absolute Gasteiger partial charge is 0.0149 e. The molecule has 1 nitrogen and oxygen atoms in total. The third-order valence-corrected chi connectivity index (χ3v) is 11.0. The van der Waals surface area contributed by atoms with Gasteiger partial charge < -0.3 is 4.90 Å². The summed E-state index contributed by atoms with van der Waals surface area (Å²) in [6, 6.07) is 0.861. The van der Waals surface area contributed by atoms with Gasteiger partial charge in [0.25, 0.3) is 0 Å². The maximum absolute atomic E-state index is 2.73. The molecule has 0 N–H and O–H groups in total. The van der Waals surface area contributed by atoms with Crippen LogP contribution in [0.5, 0.6) is 0 Å². The molecule has 176 valence electrons. The molecule has 7 unspecified atom stereocenters. The van der Waals surface area contributed by atoms with Crippen LogP contribution in [0.2, 0.25) is 0 Å². The quantitative estimate of drug-likeness (QED) is 0.383. The van der Waals surface area contributed by atoms with Gasteiger partial charge in [-0.2, -0.15) is 0 Å². The second-order valence-corrected chi connectivity index (χ2v) is 12.9. The molecule has 8 atom stereocenters. The maximum Gasteiger partial charge on any atom is 0.0149 e. The lowest BCUT2D eigenvalue weighted by molar-refractivity contribution is -0.109. The highest BCUT2D eigenvalue weighted by Gasteiger charge is 2.54. The fourth-order valence-corrected chi connectivity index (χ4v) is 9.23. The molecule has 1 saturated heterocycles. The van der Waals surface area contributed by atoms with Crippen LogP contribution in [0.15, 0.2) is 0 Å². The second kappa shape index (κ2) is 9.84. The van der Waals surface area contributed by atoms with E-state index in [0.29, 0.717) is 10.8 Å². The minimum Gasteiger partial charge on any atom is -0.303 e. The summed E-state index contributed by atoms with van der Waals surface area (Å²) in [7, 11) is 2.41. The van der Waals surface area contributed by atoms with Crippen LogP contribution < -0.4 is 0 Å². The predicted molar refractivity (Wildman–Crippen MR) is 133 cm³/mol. The van der Waals surface area contributed by atoms with E-state index in [4.69, 9.17) is 0 Å². The van der Waals surface area contributed by atoms with Gasteiger partial charge in [-0.15, -0.1) is 0 Å². The first-order chi connectivity index (χ1) is 14.2. The molecule has 30 heavy (non-hydrogen) atoms. The predicted octanol–water partition coefficient (Wildman–Crippen LogP) is 8.43. The average molecular weight is 418 g/mol. The van der Waals surface area contributed by atoms with Crippen molar-refractivity contribution in [3.05, 3.63) is 0 Å². The first kappa shape index (κ1) is 24.6.